The standard InChI is InChI=1S/C17H18BrN3O2S/c1-11(12-7-8-16(23-3)15(18)9-12)20-21-17(24)19-13-5-4-6-14(10-13)22-2/h4-10H,1-3H3,(H2,19,21,24)/b20-11-. The number of hydrogen-bond donors (Lipinski definition) is 2. The van der Waals surface area contributed by atoms with Crippen LogP contribution in [0.25, 0.3) is 0 Å². The van der Waals surface area contributed by atoms with Crippen LogP contribution in [0.5, 0.6) is 11.5 Å². The number of nitrogens with one attached hydrogen (secondary N) is 2. The summed E-state index contributed by atoms with van der Waals surface area (Å²) < 4.78 is 11.3. The Labute approximate surface area is 155 Å². The molecule has 0 saturated carbocycles. The molecule has 0 aromatic heterocycles. The highest BCUT2D eigenvalue weighted by atomic mass is 79.9. The van der Waals surface area contributed by atoms with Gasteiger partial charge in [-0.25, -0.2) is 0 Å². The average molecular weight is 408 g/mol. The second-order valence-electron chi connectivity index (χ2n) is 4.84. The molecule has 0 amide bonds. The van der Waals surface area contributed by atoms with E-state index in [9.17, 15) is 0 Å². The summed E-state index contributed by atoms with van der Waals surface area (Å²) in [5.74, 6) is 1.53. The number of rotatable bonds is 5. The van der Waals surface area contributed by atoms with Gasteiger partial charge in [0.15, 0.2) is 5.11 Å². The molecule has 5 nitrogen and oxygen atoms in total. The Morgan fingerprint density at radius 1 is 1.12 bits per heavy atom. The zero-order valence-corrected chi connectivity index (χ0v) is 16.0. The van der Waals surface area contributed by atoms with Crippen LogP contribution < -0.4 is 20.2 Å². The van der Waals surface area contributed by atoms with Gasteiger partial charge >= 0.3 is 0 Å². The monoisotopic (exact) mass is 407 g/mol. The van der Waals surface area contributed by atoms with Crippen LogP contribution in [0.1, 0.15) is 12.5 Å². The molecule has 0 aliphatic heterocycles. The van der Waals surface area contributed by atoms with E-state index in [-0.39, 0.29) is 0 Å². The smallest absolute Gasteiger partial charge is 0.191 e. The summed E-state index contributed by atoms with van der Waals surface area (Å²) in [6, 6.07) is 13.3. The second kappa shape index (κ2) is 8.65. The minimum atomic E-state index is 0.398. The maximum absolute atomic E-state index is 5.25. The van der Waals surface area contributed by atoms with Crippen LogP contribution in [-0.2, 0) is 0 Å². The molecule has 0 radical (unpaired) electrons. The summed E-state index contributed by atoms with van der Waals surface area (Å²) in [7, 11) is 3.25. The SMILES string of the molecule is COc1cccc(NC(=S)N/N=C(/C)c2ccc(OC)c(Br)c2)c1. The summed E-state index contributed by atoms with van der Waals surface area (Å²) in [5.41, 5.74) is 5.42. The highest BCUT2D eigenvalue weighted by Gasteiger charge is 2.04. The van der Waals surface area contributed by atoms with E-state index < -0.39 is 0 Å². The number of halogens is 1. The van der Waals surface area contributed by atoms with Gasteiger partial charge in [-0.1, -0.05) is 6.07 Å². The van der Waals surface area contributed by atoms with E-state index in [1.165, 1.54) is 0 Å². The third-order valence-electron chi connectivity index (χ3n) is 3.22. The van der Waals surface area contributed by atoms with E-state index in [2.05, 4.69) is 31.8 Å². The Balaban J connectivity index is 2.01. The number of methoxy groups -OCH3 is 2. The van der Waals surface area contributed by atoms with Crippen molar-refractivity contribution in [1.82, 2.24) is 5.43 Å². The van der Waals surface area contributed by atoms with E-state index in [0.717, 1.165) is 32.9 Å². The van der Waals surface area contributed by atoms with Gasteiger partial charge in [-0.2, -0.15) is 5.10 Å². The molecule has 2 aromatic rings. The number of hydrogen-bond acceptors (Lipinski definition) is 4. The van der Waals surface area contributed by atoms with E-state index in [4.69, 9.17) is 21.7 Å². The van der Waals surface area contributed by atoms with Gasteiger partial charge in [-0.05, 0) is 71.0 Å². The Kier molecular flexibility index (Phi) is 6.57. The van der Waals surface area contributed by atoms with Crippen LogP contribution >= 0.6 is 28.1 Å². The fourth-order valence-electron chi connectivity index (χ4n) is 1.95. The van der Waals surface area contributed by atoms with E-state index in [0.29, 0.717) is 5.11 Å². The predicted octanol–water partition coefficient (Wildman–Crippen LogP) is 4.18. The van der Waals surface area contributed by atoms with Crippen molar-refractivity contribution in [3.05, 3.63) is 52.5 Å². The van der Waals surface area contributed by atoms with Crippen LogP contribution in [0.2, 0.25) is 0 Å². The third-order valence-corrected chi connectivity index (χ3v) is 4.04. The number of ether oxygens (including phenoxy) is 2. The minimum absolute atomic E-state index is 0.398. The lowest BCUT2D eigenvalue weighted by Crippen LogP contribution is -2.24. The molecule has 2 aromatic carbocycles. The van der Waals surface area contributed by atoms with Crippen molar-refractivity contribution in [2.75, 3.05) is 19.5 Å². The van der Waals surface area contributed by atoms with Gasteiger partial charge in [0.25, 0.3) is 0 Å². The van der Waals surface area contributed by atoms with Gasteiger partial charge in [0.2, 0.25) is 0 Å². The molecule has 7 heteroatoms. The topological polar surface area (TPSA) is 54.9 Å². The zero-order valence-electron chi connectivity index (χ0n) is 13.6. The molecule has 0 unspecified atom stereocenters. The van der Waals surface area contributed by atoms with Crippen LogP contribution in [-0.4, -0.2) is 25.0 Å². The molecule has 0 spiro atoms. The largest absolute Gasteiger partial charge is 0.497 e. The fraction of sp³-hybridized carbons (Fsp3) is 0.176. The minimum Gasteiger partial charge on any atom is -0.497 e. The molecule has 0 saturated heterocycles. The van der Waals surface area contributed by atoms with E-state index >= 15 is 0 Å². The summed E-state index contributed by atoms with van der Waals surface area (Å²) >= 11 is 8.71. The average Bonchev–Trinajstić information content (AvgIpc) is 2.59. The molecule has 0 aliphatic carbocycles. The lowest BCUT2D eigenvalue weighted by atomic mass is 10.1. The third kappa shape index (κ3) is 4.94. The number of hydrazone groups is 1. The molecular weight excluding hydrogens is 390 g/mol. The summed E-state index contributed by atoms with van der Waals surface area (Å²) in [4.78, 5) is 0. The van der Waals surface area contributed by atoms with Crippen molar-refractivity contribution >= 4 is 44.7 Å². The molecule has 0 aliphatic rings. The lowest BCUT2D eigenvalue weighted by molar-refractivity contribution is 0.412. The zero-order chi connectivity index (χ0) is 17.5. The Bertz CT molecular complexity index is 765. The molecule has 2 rings (SSSR count). The molecule has 0 fully saturated rings. The first-order valence-corrected chi connectivity index (χ1v) is 8.33. The van der Waals surface area contributed by atoms with Crippen LogP contribution in [0.15, 0.2) is 52.0 Å². The van der Waals surface area contributed by atoms with Crippen molar-refractivity contribution in [3.8, 4) is 11.5 Å². The van der Waals surface area contributed by atoms with Crippen molar-refractivity contribution in [1.29, 1.82) is 0 Å². The molecule has 0 bridgehead atoms. The molecule has 0 heterocycles. The second-order valence-corrected chi connectivity index (χ2v) is 6.11. The van der Waals surface area contributed by atoms with Crippen molar-refractivity contribution in [3.63, 3.8) is 0 Å². The summed E-state index contributed by atoms with van der Waals surface area (Å²) in [5, 5.41) is 7.76. The Hall–Kier alpha value is -2.12. The van der Waals surface area contributed by atoms with Gasteiger partial charge < -0.3 is 14.8 Å². The first-order chi connectivity index (χ1) is 11.5. The van der Waals surface area contributed by atoms with Crippen LogP contribution in [0.4, 0.5) is 5.69 Å². The Morgan fingerprint density at radius 2 is 1.92 bits per heavy atom. The summed E-state index contributed by atoms with van der Waals surface area (Å²) in [6.07, 6.45) is 0. The molecule has 0 atom stereocenters. The quantitative estimate of drug-likeness (QED) is 0.442. The van der Waals surface area contributed by atoms with E-state index in [1.54, 1.807) is 14.2 Å². The first kappa shape index (κ1) is 18.2. The highest BCUT2D eigenvalue weighted by Crippen LogP contribution is 2.25. The Morgan fingerprint density at radius 3 is 2.58 bits per heavy atom. The fourth-order valence-corrected chi connectivity index (χ4v) is 2.65. The first-order valence-electron chi connectivity index (χ1n) is 7.12. The maximum Gasteiger partial charge on any atom is 0.191 e. The summed E-state index contributed by atoms with van der Waals surface area (Å²) in [6.45, 7) is 1.90. The number of thiocarbonyl (C=S) groups is 1. The van der Waals surface area contributed by atoms with Gasteiger partial charge in [-0.15, -0.1) is 0 Å². The van der Waals surface area contributed by atoms with Crippen LogP contribution in [0.3, 0.4) is 0 Å². The van der Waals surface area contributed by atoms with Gasteiger partial charge in [0.05, 0.1) is 24.4 Å². The van der Waals surface area contributed by atoms with Gasteiger partial charge in [-0.3, -0.25) is 5.43 Å². The van der Waals surface area contributed by atoms with Crippen molar-refractivity contribution < 1.29 is 9.47 Å². The molecule has 126 valence electrons. The van der Waals surface area contributed by atoms with E-state index in [1.807, 2.05) is 49.4 Å². The number of nitrogens with zero attached hydrogens (tertiary/aromatic N) is 1. The maximum atomic E-state index is 5.25. The lowest BCUT2D eigenvalue weighted by Gasteiger charge is -2.10. The van der Waals surface area contributed by atoms with Crippen molar-refractivity contribution in [2.24, 2.45) is 5.10 Å². The number of anilines is 1. The predicted molar refractivity (Wildman–Crippen MR) is 105 cm³/mol. The molecular formula is C17H18BrN3O2S. The number of benzene rings is 2. The van der Waals surface area contributed by atoms with Crippen LogP contribution in [0, 0.1) is 0 Å². The normalized spacial score (nSPS) is 10.9. The van der Waals surface area contributed by atoms with Gasteiger partial charge in [0.1, 0.15) is 11.5 Å². The van der Waals surface area contributed by atoms with Gasteiger partial charge in [0, 0.05) is 11.8 Å². The molecule has 2 N–H and O–H groups in total. The van der Waals surface area contributed by atoms with Crippen molar-refractivity contribution in [2.45, 2.75) is 6.92 Å². The highest BCUT2D eigenvalue weighted by molar-refractivity contribution is 9.10. The molecule has 24 heavy (non-hydrogen) atoms.